The minimum Gasteiger partial charge on any atom is -0.494 e. The van der Waals surface area contributed by atoms with Crippen LogP contribution in [0.25, 0.3) is 0 Å². The average molecular weight is 274 g/mol. The van der Waals surface area contributed by atoms with Crippen LogP contribution in [0.1, 0.15) is 24.2 Å². The Balaban J connectivity index is 2.76. The Bertz CT molecular complexity index is 425. The Kier molecular flexibility index (Phi) is 5.41. The number of carbonyl (C=O) groups is 1. The molecule has 0 fully saturated rings. The Morgan fingerprint density at radius 3 is 2.67 bits per heavy atom. The van der Waals surface area contributed by atoms with E-state index in [9.17, 15) is 9.18 Å². The number of hydrogen-bond donors (Lipinski definition) is 1. The molecule has 3 nitrogen and oxygen atoms in total. The third-order valence-corrected chi connectivity index (χ3v) is 3.36. The van der Waals surface area contributed by atoms with Crippen molar-refractivity contribution in [3.05, 3.63) is 29.6 Å². The van der Waals surface area contributed by atoms with Crippen LogP contribution >= 0.6 is 11.6 Å². The summed E-state index contributed by atoms with van der Waals surface area (Å²) in [4.78, 5) is 11.9. The molecule has 0 aromatic heterocycles. The molecule has 1 aromatic carbocycles. The molecular weight excluding hydrogens is 257 g/mol. The van der Waals surface area contributed by atoms with Gasteiger partial charge in [-0.25, -0.2) is 4.39 Å². The van der Waals surface area contributed by atoms with Crippen molar-refractivity contribution in [2.45, 2.75) is 19.9 Å². The molecule has 1 aromatic rings. The van der Waals surface area contributed by atoms with Crippen molar-refractivity contribution in [2.75, 3.05) is 13.0 Å². The molecule has 0 aliphatic carbocycles. The topological polar surface area (TPSA) is 38.3 Å². The van der Waals surface area contributed by atoms with Gasteiger partial charge in [-0.15, -0.1) is 11.6 Å². The van der Waals surface area contributed by atoms with E-state index in [2.05, 4.69) is 5.32 Å². The lowest BCUT2D eigenvalue weighted by atomic mass is 10.1. The molecule has 18 heavy (non-hydrogen) atoms. The molecule has 0 spiro atoms. The number of halogens is 2. The minimum atomic E-state index is -0.553. The highest BCUT2D eigenvalue weighted by Crippen LogP contribution is 2.18. The Morgan fingerprint density at radius 2 is 2.17 bits per heavy atom. The number of nitrogens with one attached hydrogen (secondary N) is 1. The maximum absolute atomic E-state index is 13.4. The first-order valence-corrected chi connectivity index (χ1v) is 6.23. The first kappa shape index (κ1) is 14.8. The lowest BCUT2D eigenvalue weighted by Crippen LogP contribution is -2.37. The molecule has 1 N–H and O–H groups in total. The van der Waals surface area contributed by atoms with Crippen molar-refractivity contribution in [1.82, 2.24) is 5.32 Å². The summed E-state index contributed by atoms with van der Waals surface area (Å²) in [6, 6.07) is 4.04. The molecule has 0 bridgehead atoms. The molecule has 0 saturated carbocycles. The second-order valence-corrected chi connectivity index (χ2v) is 4.55. The van der Waals surface area contributed by atoms with Crippen LogP contribution in [0, 0.1) is 11.7 Å². The van der Waals surface area contributed by atoms with Gasteiger partial charge in [0.25, 0.3) is 5.91 Å². The van der Waals surface area contributed by atoms with Gasteiger partial charge in [0, 0.05) is 17.5 Å². The molecule has 100 valence electrons. The van der Waals surface area contributed by atoms with Crippen LogP contribution in [0.15, 0.2) is 18.2 Å². The van der Waals surface area contributed by atoms with Crippen molar-refractivity contribution in [3.63, 3.8) is 0 Å². The Labute approximate surface area is 111 Å². The first-order chi connectivity index (χ1) is 8.49. The zero-order valence-corrected chi connectivity index (χ0v) is 11.4. The summed E-state index contributed by atoms with van der Waals surface area (Å²) in [7, 11) is 1.38. The van der Waals surface area contributed by atoms with E-state index in [1.165, 1.54) is 19.2 Å². The fourth-order valence-electron chi connectivity index (χ4n) is 1.37. The van der Waals surface area contributed by atoms with Crippen molar-refractivity contribution < 1.29 is 13.9 Å². The lowest BCUT2D eigenvalue weighted by Gasteiger charge is -2.19. The van der Waals surface area contributed by atoms with Gasteiger partial charge in [-0.2, -0.15) is 0 Å². The Hall–Kier alpha value is -1.29. The number of hydrogen-bond acceptors (Lipinski definition) is 2. The monoisotopic (exact) mass is 273 g/mol. The molecule has 1 amide bonds. The summed E-state index contributed by atoms with van der Waals surface area (Å²) < 4.78 is 18.2. The van der Waals surface area contributed by atoms with Gasteiger partial charge >= 0.3 is 0 Å². The highest BCUT2D eigenvalue weighted by Gasteiger charge is 2.16. The number of ether oxygens (including phenoxy) is 1. The number of amides is 1. The Morgan fingerprint density at radius 1 is 1.50 bits per heavy atom. The fourth-order valence-corrected chi connectivity index (χ4v) is 1.64. The molecule has 0 radical (unpaired) electrons. The van der Waals surface area contributed by atoms with E-state index in [0.717, 1.165) is 6.07 Å². The predicted octanol–water partition coefficient (Wildman–Crippen LogP) is 2.83. The highest BCUT2D eigenvalue weighted by molar-refractivity contribution is 6.18. The van der Waals surface area contributed by atoms with Crippen LogP contribution in [0.2, 0.25) is 0 Å². The third-order valence-electron chi connectivity index (χ3n) is 2.87. The van der Waals surface area contributed by atoms with E-state index in [0.29, 0.717) is 5.88 Å². The summed E-state index contributed by atoms with van der Waals surface area (Å²) in [5.41, 5.74) is 0.266. The summed E-state index contributed by atoms with van der Waals surface area (Å²) in [5, 5.41) is 2.78. The standard InChI is InChI=1S/C13H17ClFNO2/c1-8(7-14)9(2)16-13(17)10-4-5-12(18-3)11(15)6-10/h4-6,8-9H,7H2,1-3H3,(H,16,17). The van der Waals surface area contributed by atoms with Crippen molar-refractivity contribution in [3.8, 4) is 5.75 Å². The maximum atomic E-state index is 13.4. The van der Waals surface area contributed by atoms with Crippen molar-refractivity contribution >= 4 is 17.5 Å². The van der Waals surface area contributed by atoms with E-state index in [1.807, 2.05) is 13.8 Å². The number of carbonyl (C=O) groups excluding carboxylic acids is 1. The van der Waals surface area contributed by atoms with E-state index < -0.39 is 5.82 Å². The number of rotatable bonds is 5. The highest BCUT2D eigenvalue weighted by atomic mass is 35.5. The van der Waals surface area contributed by atoms with E-state index in [-0.39, 0.29) is 29.2 Å². The molecule has 0 heterocycles. The van der Waals surface area contributed by atoms with Crippen molar-refractivity contribution in [2.24, 2.45) is 5.92 Å². The van der Waals surface area contributed by atoms with Gasteiger partial charge in [0.1, 0.15) is 0 Å². The van der Waals surface area contributed by atoms with E-state index >= 15 is 0 Å². The molecule has 2 unspecified atom stereocenters. The maximum Gasteiger partial charge on any atom is 0.251 e. The molecule has 1 rings (SSSR count). The second kappa shape index (κ2) is 6.59. The summed E-state index contributed by atoms with van der Waals surface area (Å²) in [5.74, 6) is -0.144. The van der Waals surface area contributed by atoms with Crippen LogP contribution < -0.4 is 10.1 Å². The lowest BCUT2D eigenvalue weighted by molar-refractivity contribution is 0.0930. The predicted molar refractivity (Wildman–Crippen MR) is 69.8 cm³/mol. The van der Waals surface area contributed by atoms with Crippen LogP contribution in [0.5, 0.6) is 5.75 Å². The summed E-state index contributed by atoms with van der Waals surface area (Å²) in [6.45, 7) is 3.80. The zero-order valence-electron chi connectivity index (χ0n) is 10.7. The number of methoxy groups -OCH3 is 1. The van der Waals surface area contributed by atoms with Gasteiger partial charge in [-0.1, -0.05) is 6.92 Å². The average Bonchev–Trinajstić information content (AvgIpc) is 2.37. The smallest absolute Gasteiger partial charge is 0.251 e. The van der Waals surface area contributed by atoms with E-state index in [1.54, 1.807) is 0 Å². The molecule has 0 saturated heterocycles. The summed E-state index contributed by atoms with van der Waals surface area (Å²) >= 11 is 5.71. The van der Waals surface area contributed by atoms with Gasteiger partial charge in [0.15, 0.2) is 11.6 Å². The molecular formula is C13H17ClFNO2. The minimum absolute atomic E-state index is 0.0693. The van der Waals surface area contributed by atoms with Gasteiger partial charge in [0.05, 0.1) is 7.11 Å². The van der Waals surface area contributed by atoms with Crippen LogP contribution in [0.3, 0.4) is 0 Å². The zero-order chi connectivity index (χ0) is 13.7. The molecule has 5 heteroatoms. The molecule has 0 aliphatic rings. The van der Waals surface area contributed by atoms with Gasteiger partial charge in [-0.3, -0.25) is 4.79 Å². The summed E-state index contributed by atoms with van der Waals surface area (Å²) in [6.07, 6.45) is 0. The first-order valence-electron chi connectivity index (χ1n) is 5.70. The van der Waals surface area contributed by atoms with Crippen LogP contribution in [-0.4, -0.2) is 24.9 Å². The van der Waals surface area contributed by atoms with Gasteiger partial charge in [0.2, 0.25) is 0 Å². The van der Waals surface area contributed by atoms with Crippen LogP contribution in [-0.2, 0) is 0 Å². The third kappa shape index (κ3) is 3.60. The van der Waals surface area contributed by atoms with E-state index in [4.69, 9.17) is 16.3 Å². The normalized spacial score (nSPS) is 13.8. The number of benzene rings is 1. The van der Waals surface area contributed by atoms with Gasteiger partial charge < -0.3 is 10.1 Å². The largest absolute Gasteiger partial charge is 0.494 e. The molecule has 0 aliphatic heterocycles. The van der Waals surface area contributed by atoms with Gasteiger partial charge in [-0.05, 0) is 31.0 Å². The van der Waals surface area contributed by atoms with Crippen molar-refractivity contribution in [1.29, 1.82) is 0 Å². The SMILES string of the molecule is COc1ccc(C(=O)NC(C)C(C)CCl)cc1F. The second-order valence-electron chi connectivity index (χ2n) is 4.24. The number of alkyl halides is 1. The van der Waals surface area contributed by atoms with Crippen LogP contribution in [0.4, 0.5) is 4.39 Å². The fraction of sp³-hybridized carbons (Fsp3) is 0.462. The quantitative estimate of drug-likeness (QED) is 0.838. The molecule has 2 atom stereocenters.